The van der Waals surface area contributed by atoms with Crippen molar-refractivity contribution in [2.24, 2.45) is 0 Å². The average molecular weight is 492 g/mol. The van der Waals surface area contributed by atoms with Crippen LogP contribution in [0.25, 0.3) is 0 Å². The van der Waals surface area contributed by atoms with Gasteiger partial charge in [0, 0.05) is 23.9 Å². The molecule has 174 valence electrons. The van der Waals surface area contributed by atoms with Gasteiger partial charge < -0.3 is 19.5 Å². The standard InChI is InChI=1S/C22H22ClN3O6S/c1-30-11-12-32-22-18(7-4-10-24-22)25-21(27)15-5-3-6-17(13-15)33(28,29)26-19-14-16(23)8-9-20(19)31-2/h3-10,13-14,26H,11-12H2,1-2H3,(H,25,27). The lowest BCUT2D eigenvalue weighted by atomic mass is 10.2. The minimum atomic E-state index is -4.03. The van der Waals surface area contributed by atoms with Crippen LogP contribution in [0.2, 0.25) is 5.02 Å². The molecule has 0 aliphatic carbocycles. The first-order valence-electron chi connectivity index (χ1n) is 9.68. The fraction of sp³-hybridized carbons (Fsp3) is 0.182. The Morgan fingerprint density at radius 2 is 1.85 bits per heavy atom. The minimum absolute atomic E-state index is 0.111. The number of rotatable bonds is 10. The first kappa shape index (κ1) is 24.3. The number of ether oxygens (including phenoxy) is 3. The number of halogens is 1. The van der Waals surface area contributed by atoms with Crippen molar-refractivity contribution in [1.29, 1.82) is 0 Å². The third-order valence-electron chi connectivity index (χ3n) is 4.36. The molecule has 1 heterocycles. The van der Waals surface area contributed by atoms with Gasteiger partial charge in [-0.05, 0) is 48.5 Å². The number of nitrogens with zero attached hydrogens (tertiary/aromatic N) is 1. The highest BCUT2D eigenvalue weighted by Gasteiger charge is 2.19. The van der Waals surface area contributed by atoms with E-state index in [9.17, 15) is 13.2 Å². The zero-order chi connectivity index (χ0) is 23.8. The lowest BCUT2D eigenvalue weighted by Crippen LogP contribution is -2.17. The van der Waals surface area contributed by atoms with E-state index >= 15 is 0 Å². The van der Waals surface area contributed by atoms with Crippen molar-refractivity contribution in [3.63, 3.8) is 0 Å². The molecule has 1 aromatic heterocycles. The Kier molecular flexibility index (Phi) is 8.10. The van der Waals surface area contributed by atoms with Crippen LogP contribution in [-0.2, 0) is 14.8 Å². The van der Waals surface area contributed by atoms with Gasteiger partial charge in [-0.2, -0.15) is 0 Å². The predicted octanol–water partition coefficient (Wildman–Crippen LogP) is 3.82. The first-order valence-corrected chi connectivity index (χ1v) is 11.5. The molecule has 0 atom stereocenters. The monoisotopic (exact) mass is 491 g/mol. The Hall–Kier alpha value is -3.34. The van der Waals surface area contributed by atoms with E-state index in [1.165, 1.54) is 43.6 Å². The summed E-state index contributed by atoms with van der Waals surface area (Å²) >= 11 is 5.98. The second-order valence-electron chi connectivity index (χ2n) is 6.63. The van der Waals surface area contributed by atoms with Crippen LogP contribution in [-0.4, -0.2) is 46.7 Å². The number of hydrogen-bond donors (Lipinski definition) is 2. The van der Waals surface area contributed by atoms with Gasteiger partial charge in [-0.25, -0.2) is 13.4 Å². The van der Waals surface area contributed by atoms with Crippen molar-refractivity contribution in [3.05, 3.63) is 71.4 Å². The molecule has 1 amide bonds. The molecule has 0 spiro atoms. The van der Waals surface area contributed by atoms with E-state index in [0.717, 1.165) is 0 Å². The van der Waals surface area contributed by atoms with Gasteiger partial charge in [0.15, 0.2) is 0 Å². The number of sulfonamides is 1. The maximum Gasteiger partial charge on any atom is 0.262 e. The topological polar surface area (TPSA) is 116 Å². The molecule has 0 unspecified atom stereocenters. The third-order valence-corrected chi connectivity index (χ3v) is 5.96. The molecule has 0 bridgehead atoms. The van der Waals surface area contributed by atoms with Crippen molar-refractivity contribution in [2.45, 2.75) is 4.90 Å². The van der Waals surface area contributed by atoms with E-state index in [4.69, 9.17) is 25.8 Å². The van der Waals surface area contributed by atoms with Gasteiger partial charge in [0.1, 0.15) is 18.0 Å². The van der Waals surface area contributed by atoms with E-state index in [-0.39, 0.29) is 28.6 Å². The van der Waals surface area contributed by atoms with Gasteiger partial charge in [0.05, 0.1) is 24.3 Å². The van der Waals surface area contributed by atoms with E-state index in [2.05, 4.69) is 15.0 Å². The molecule has 2 N–H and O–H groups in total. The van der Waals surface area contributed by atoms with E-state index in [1.54, 1.807) is 31.4 Å². The summed E-state index contributed by atoms with van der Waals surface area (Å²) in [7, 11) is -1.08. The van der Waals surface area contributed by atoms with Crippen LogP contribution < -0.4 is 19.5 Å². The van der Waals surface area contributed by atoms with Crippen LogP contribution in [0.1, 0.15) is 10.4 Å². The Bertz CT molecular complexity index is 1240. The van der Waals surface area contributed by atoms with Crippen molar-refractivity contribution in [1.82, 2.24) is 4.98 Å². The van der Waals surface area contributed by atoms with Crippen LogP contribution >= 0.6 is 11.6 Å². The normalized spacial score (nSPS) is 11.0. The average Bonchev–Trinajstić information content (AvgIpc) is 2.80. The molecule has 0 saturated heterocycles. The number of methoxy groups -OCH3 is 2. The molecule has 11 heteroatoms. The molecule has 33 heavy (non-hydrogen) atoms. The van der Waals surface area contributed by atoms with Crippen LogP contribution in [0, 0.1) is 0 Å². The summed E-state index contributed by atoms with van der Waals surface area (Å²) in [5.74, 6) is -0.00664. The largest absolute Gasteiger partial charge is 0.495 e. The van der Waals surface area contributed by atoms with Crippen LogP contribution in [0.15, 0.2) is 65.7 Å². The summed E-state index contributed by atoms with van der Waals surface area (Å²) in [4.78, 5) is 16.8. The van der Waals surface area contributed by atoms with Crippen LogP contribution in [0.4, 0.5) is 11.4 Å². The minimum Gasteiger partial charge on any atom is -0.495 e. The fourth-order valence-electron chi connectivity index (χ4n) is 2.79. The number of amides is 1. The quantitative estimate of drug-likeness (QED) is 0.414. The lowest BCUT2D eigenvalue weighted by Gasteiger charge is -2.13. The molecule has 0 saturated carbocycles. The second kappa shape index (κ2) is 11.0. The molecule has 3 aromatic rings. The van der Waals surface area contributed by atoms with Gasteiger partial charge in [-0.1, -0.05) is 17.7 Å². The summed E-state index contributed by atoms with van der Waals surface area (Å²) in [6, 6.07) is 13.4. The van der Waals surface area contributed by atoms with E-state index in [0.29, 0.717) is 23.1 Å². The summed E-state index contributed by atoms with van der Waals surface area (Å²) in [5, 5.41) is 3.02. The second-order valence-corrected chi connectivity index (χ2v) is 8.75. The van der Waals surface area contributed by atoms with Crippen LogP contribution in [0.5, 0.6) is 11.6 Å². The summed E-state index contributed by atoms with van der Waals surface area (Å²) in [6.07, 6.45) is 1.53. The molecular weight excluding hydrogens is 470 g/mol. The Labute approximate surface area is 196 Å². The third kappa shape index (κ3) is 6.35. The van der Waals surface area contributed by atoms with Crippen molar-refractivity contribution in [2.75, 3.05) is 37.5 Å². The highest BCUT2D eigenvalue weighted by atomic mass is 35.5. The van der Waals surface area contributed by atoms with Crippen LogP contribution in [0.3, 0.4) is 0 Å². The first-order chi connectivity index (χ1) is 15.8. The zero-order valence-corrected chi connectivity index (χ0v) is 19.4. The molecule has 9 nitrogen and oxygen atoms in total. The molecule has 0 fully saturated rings. The Balaban J connectivity index is 1.81. The number of carbonyl (C=O) groups is 1. The lowest BCUT2D eigenvalue weighted by molar-refractivity contribution is 0.102. The van der Waals surface area contributed by atoms with Gasteiger partial charge in [-0.3, -0.25) is 9.52 Å². The van der Waals surface area contributed by atoms with Crippen molar-refractivity contribution >= 4 is 38.9 Å². The number of carbonyl (C=O) groups excluding carboxylic acids is 1. The highest BCUT2D eigenvalue weighted by Crippen LogP contribution is 2.30. The fourth-order valence-corrected chi connectivity index (χ4v) is 4.06. The van der Waals surface area contributed by atoms with E-state index in [1.807, 2.05) is 0 Å². The Morgan fingerprint density at radius 1 is 1.03 bits per heavy atom. The summed E-state index contributed by atoms with van der Waals surface area (Å²) in [5.41, 5.74) is 0.643. The molecular formula is C22H22ClN3O6S. The van der Waals surface area contributed by atoms with Gasteiger partial charge in [0.2, 0.25) is 5.88 Å². The molecule has 3 rings (SSSR count). The maximum absolute atomic E-state index is 12.9. The molecule has 0 radical (unpaired) electrons. The zero-order valence-electron chi connectivity index (χ0n) is 17.9. The number of pyridine rings is 1. The Morgan fingerprint density at radius 3 is 2.61 bits per heavy atom. The SMILES string of the molecule is COCCOc1ncccc1NC(=O)c1cccc(S(=O)(=O)Nc2cc(Cl)ccc2OC)c1. The summed E-state index contributed by atoms with van der Waals surface area (Å²) < 4.78 is 43.9. The van der Waals surface area contributed by atoms with Gasteiger partial charge in [0.25, 0.3) is 15.9 Å². The maximum atomic E-state index is 12.9. The highest BCUT2D eigenvalue weighted by molar-refractivity contribution is 7.92. The van der Waals surface area contributed by atoms with Gasteiger partial charge >= 0.3 is 0 Å². The van der Waals surface area contributed by atoms with Gasteiger partial charge in [-0.15, -0.1) is 0 Å². The number of anilines is 2. The number of hydrogen-bond acceptors (Lipinski definition) is 7. The number of aromatic nitrogens is 1. The number of benzene rings is 2. The molecule has 2 aromatic carbocycles. The molecule has 0 aliphatic rings. The predicted molar refractivity (Wildman–Crippen MR) is 125 cm³/mol. The summed E-state index contributed by atoms with van der Waals surface area (Å²) in [6.45, 7) is 0.608. The van der Waals surface area contributed by atoms with Crippen molar-refractivity contribution < 1.29 is 27.4 Å². The molecule has 0 aliphatic heterocycles. The number of nitrogens with one attached hydrogen (secondary N) is 2. The smallest absolute Gasteiger partial charge is 0.262 e. The van der Waals surface area contributed by atoms with Crippen molar-refractivity contribution in [3.8, 4) is 11.6 Å². The van der Waals surface area contributed by atoms with E-state index < -0.39 is 15.9 Å².